The summed E-state index contributed by atoms with van der Waals surface area (Å²) < 4.78 is 0. The Morgan fingerprint density at radius 2 is 1.69 bits per heavy atom. The van der Waals surface area contributed by atoms with E-state index < -0.39 is 0 Å². The Morgan fingerprint density at radius 1 is 1.06 bits per heavy atom. The van der Waals surface area contributed by atoms with Gasteiger partial charge in [-0.2, -0.15) is 0 Å². The average molecular weight is 240 g/mol. The van der Waals surface area contributed by atoms with E-state index in [1.54, 1.807) is 0 Å². The molecule has 1 aliphatic carbocycles. The van der Waals surface area contributed by atoms with Crippen LogP contribution in [0.1, 0.15) is 44.6 Å². The highest BCUT2D eigenvalue weighted by Gasteiger charge is 2.32. The van der Waals surface area contributed by atoms with Gasteiger partial charge in [-0.1, -0.05) is 56.5 Å². The lowest BCUT2D eigenvalue weighted by Crippen LogP contribution is -2.43. The summed E-state index contributed by atoms with van der Waals surface area (Å²) in [5.41, 5.74) is 1.75. The number of hydrogen-bond acceptors (Lipinski definition) is 1. The first-order chi connectivity index (χ1) is 7.37. The van der Waals surface area contributed by atoms with Crippen LogP contribution >= 0.6 is 12.4 Å². The summed E-state index contributed by atoms with van der Waals surface area (Å²) in [7, 11) is 0. The van der Waals surface area contributed by atoms with Crippen LogP contribution in [0, 0.1) is 0 Å². The van der Waals surface area contributed by atoms with Crippen molar-refractivity contribution in [2.45, 2.75) is 44.6 Å². The van der Waals surface area contributed by atoms with E-state index in [-0.39, 0.29) is 17.9 Å². The maximum atomic E-state index is 3.71. The third-order valence-corrected chi connectivity index (χ3v) is 3.55. The molecule has 0 atom stereocenters. The fourth-order valence-electron chi connectivity index (χ4n) is 2.82. The predicted molar refractivity (Wildman–Crippen MR) is 72.1 cm³/mol. The monoisotopic (exact) mass is 239 g/mol. The lowest BCUT2D eigenvalue weighted by Gasteiger charge is -2.38. The molecule has 2 rings (SSSR count). The highest BCUT2D eigenvalue weighted by Crippen LogP contribution is 2.36. The van der Waals surface area contributed by atoms with Crippen LogP contribution in [-0.4, -0.2) is 6.54 Å². The molecule has 0 bridgehead atoms. The third kappa shape index (κ3) is 2.78. The molecule has 1 aromatic rings. The normalized spacial score (nSPS) is 18.8. The van der Waals surface area contributed by atoms with Gasteiger partial charge in [0.15, 0.2) is 0 Å². The Labute approximate surface area is 105 Å². The second kappa shape index (κ2) is 6.27. The van der Waals surface area contributed by atoms with Gasteiger partial charge in [0, 0.05) is 5.54 Å². The third-order valence-electron chi connectivity index (χ3n) is 3.55. The van der Waals surface area contributed by atoms with Crippen molar-refractivity contribution in [2.24, 2.45) is 0 Å². The van der Waals surface area contributed by atoms with Crippen molar-refractivity contribution in [3.63, 3.8) is 0 Å². The van der Waals surface area contributed by atoms with Crippen LogP contribution in [0.15, 0.2) is 30.3 Å². The molecular formula is C14H22ClN. The highest BCUT2D eigenvalue weighted by atomic mass is 35.5. The summed E-state index contributed by atoms with van der Waals surface area (Å²) >= 11 is 0. The molecule has 1 aliphatic rings. The molecular weight excluding hydrogens is 218 g/mol. The van der Waals surface area contributed by atoms with E-state index in [0.29, 0.717) is 0 Å². The molecule has 0 aliphatic heterocycles. The van der Waals surface area contributed by atoms with Crippen LogP contribution in [-0.2, 0) is 5.54 Å². The molecule has 0 unspecified atom stereocenters. The summed E-state index contributed by atoms with van der Waals surface area (Å²) in [6.07, 6.45) is 6.72. The zero-order valence-electron chi connectivity index (χ0n) is 10.0. The Bertz CT molecular complexity index is 285. The van der Waals surface area contributed by atoms with Gasteiger partial charge in [0.2, 0.25) is 0 Å². The SMILES string of the molecule is CCNC1(c2ccccc2)CCCCC1.Cl. The Hall–Kier alpha value is -0.530. The standard InChI is InChI=1S/C14H21N.ClH/c1-2-15-14(11-7-4-8-12-14)13-9-5-3-6-10-13;/h3,5-6,9-10,15H,2,4,7-8,11-12H2,1H3;1H. The molecule has 16 heavy (non-hydrogen) atoms. The summed E-state index contributed by atoms with van der Waals surface area (Å²) in [5, 5.41) is 3.71. The summed E-state index contributed by atoms with van der Waals surface area (Å²) in [5.74, 6) is 0. The van der Waals surface area contributed by atoms with Crippen molar-refractivity contribution in [2.75, 3.05) is 6.54 Å². The molecule has 0 spiro atoms. The number of rotatable bonds is 3. The van der Waals surface area contributed by atoms with E-state index in [0.717, 1.165) is 6.54 Å². The van der Waals surface area contributed by atoms with E-state index in [1.165, 1.54) is 37.7 Å². The van der Waals surface area contributed by atoms with Crippen molar-refractivity contribution >= 4 is 12.4 Å². The van der Waals surface area contributed by atoms with Gasteiger partial charge in [0.05, 0.1) is 0 Å². The molecule has 0 aromatic heterocycles. The molecule has 2 heteroatoms. The van der Waals surface area contributed by atoms with Crippen LogP contribution in [0.4, 0.5) is 0 Å². The Morgan fingerprint density at radius 3 is 2.25 bits per heavy atom. The summed E-state index contributed by atoms with van der Waals surface area (Å²) in [4.78, 5) is 0. The van der Waals surface area contributed by atoms with Crippen molar-refractivity contribution in [3.05, 3.63) is 35.9 Å². The summed E-state index contributed by atoms with van der Waals surface area (Å²) in [6.45, 7) is 3.27. The van der Waals surface area contributed by atoms with Crippen molar-refractivity contribution < 1.29 is 0 Å². The van der Waals surface area contributed by atoms with Crippen LogP contribution in [0.5, 0.6) is 0 Å². The average Bonchev–Trinajstić information content (AvgIpc) is 2.32. The van der Waals surface area contributed by atoms with Gasteiger partial charge in [-0.15, -0.1) is 12.4 Å². The molecule has 1 fully saturated rings. The van der Waals surface area contributed by atoms with Crippen molar-refractivity contribution in [3.8, 4) is 0 Å². The quantitative estimate of drug-likeness (QED) is 0.844. The molecule has 1 saturated carbocycles. The van der Waals surface area contributed by atoms with Gasteiger partial charge in [-0.3, -0.25) is 0 Å². The van der Waals surface area contributed by atoms with E-state index in [9.17, 15) is 0 Å². The number of nitrogens with one attached hydrogen (secondary N) is 1. The van der Waals surface area contributed by atoms with Crippen LogP contribution in [0.3, 0.4) is 0 Å². The summed E-state index contributed by atoms with van der Waals surface area (Å²) in [6, 6.07) is 11.0. The van der Waals surface area contributed by atoms with Gasteiger partial charge < -0.3 is 5.32 Å². The highest BCUT2D eigenvalue weighted by molar-refractivity contribution is 5.85. The maximum Gasteiger partial charge on any atom is 0.0434 e. The fourth-order valence-corrected chi connectivity index (χ4v) is 2.82. The maximum absolute atomic E-state index is 3.71. The second-order valence-electron chi connectivity index (χ2n) is 4.54. The van der Waals surface area contributed by atoms with E-state index in [2.05, 4.69) is 42.6 Å². The smallest absolute Gasteiger partial charge is 0.0434 e. The molecule has 1 nitrogen and oxygen atoms in total. The molecule has 90 valence electrons. The minimum atomic E-state index is 0. The van der Waals surface area contributed by atoms with E-state index in [4.69, 9.17) is 0 Å². The minimum absolute atomic E-state index is 0. The molecule has 0 heterocycles. The van der Waals surface area contributed by atoms with Crippen LogP contribution in [0.25, 0.3) is 0 Å². The first-order valence-electron chi connectivity index (χ1n) is 6.18. The number of benzene rings is 1. The van der Waals surface area contributed by atoms with Gasteiger partial charge in [0.25, 0.3) is 0 Å². The predicted octanol–water partition coefficient (Wildman–Crippen LogP) is 3.88. The van der Waals surface area contributed by atoms with Gasteiger partial charge >= 0.3 is 0 Å². The van der Waals surface area contributed by atoms with E-state index >= 15 is 0 Å². The Balaban J connectivity index is 0.00000128. The van der Waals surface area contributed by atoms with Gasteiger partial charge in [-0.25, -0.2) is 0 Å². The lowest BCUT2D eigenvalue weighted by molar-refractivity contribution is 0.238. The molecule has 0 saturated heterocycles. The molecule has 0 amide bonds. The van der Waals surface area contributed by atoms with Crippen LogP contribution < -0.4 is 5.32 Å². The second-order valence-corrected chi connectivity index (χ2v) is 4.54. The zero-order chi connectivity index (χ0) is 10.6. The molecule has 1 aromatic carbocycles. The van der Waals surface area contributed by atoms with Crippen molar-refractivity contribution in [1.82, 2.24) is 5.32 Å². The molecule has 0 radical (unpaired) electrons. The largest absolute Gasteiger partial charge is 0.308 e. The topological polar surface area (TPSA) is 12.0 Å². The first-order valence-corrected chi connectivity index (χ1v) is 6.18. The minimum Gasteiger partial charge on any atom is -0.308 e. The first kappa shape index (κ1) is 13.5. The number of halogens is 1. The van der Waals surface area contributed by atoms with Crippen molar-refractivity contribution in [1.29, 1.82) is 0 Å². The molecule has 1 N–H and O–H groups in total. The van der Waals surface area contributed by atoms with Gasteiger partial charge in [-0.05, 0) is 24.9 Å². The fraction of sp³-hybridized carbons (Fsp3) is 0.571. The van der Waals surface area contributed by atoms with E-state index in [1.807, 2.05) is 0 Å². The zero-order valence-corrected chi connectivity index (χ0v) is 10.9. The lowest BCUT2D eigenvalue weighted by atomic mass is 9.76. The Kier molecular flexibility index (Phi) is 5.30. The van der Waals surface area contributed by atoms with Gasteiger partial charge in [0.1, 0.15) is 0 Å². The van der Waals surface area contributed by atoms with Crippen LogP contribution in [0.2, 0.25) is 0 Å². The number of hydrogen-bond donors (Lipinski definition) is 1.